The van der Waals surface area contributed by atoms with Crippen LogP contribution in [0.1, 0.15) is 49.9 Å². The van der Waals surface area contributed by atoms with E-state index in [0.717, 1.165) is 44.6 Å². The van der Waals surface area contributed by atoms with Gasteiger partial charge in [-0.25, -0.2) is 4.98 Å². The molecule has 2 N–H and O–H groups in total. The first-order chi connectivity index (χ1) is 17.7. The van der Waals surface area contributed by atoms with Crippen LogP contribution in [0.5, 0.6) is 5.75 Å². The second-order valence-corrected chi connectivity index (χ2v) is 10.9. The maximum Gasteiger partial charge on any atom is 0.251 e. The SMILES string of the molecule is COc1cc(C(=O)NC2CCN(C)CC2)ccc1Nc1ncc2c(n1)N(C(C)C)CC1(CC1)C(=O)N2C. The van der Waals surface area contributed by atoms with E-state index in [1.807, 2.05) is 6.07 Å². The van der Waals surface area contributed by atoms with Gasteiger partial charge in [0.05, 0.1) is 24.4 Å². The zero-order valence-corrected chi connectivity index (χ0v) is 22.4. The van der Waals surface area contributed by atoms with Gasteiger partial charge in [-0.1, -0.05) is 0 Å². The molecule has 37 heavy (non-hydrogen) atoms. The van der Waals surface area contributed by atoms with Crippen LogP contribution in [0.4, 0.5) is 23.1 Å². The molecule has 2 fully saturated rings. The summed E-state index contributed by atoms with van der Waals surface area (Å²) in [6.45, 7) is 6.85. The highest BCUT2D eigenvalue weighted by Gasteiger charge is 2.54. The number of amides is 2. The standard InChI is InChI=1S/C27H37N7O3/c1-17(2)34-16-27(10-11-27)25(36)33(4)21-15-28-26(31-23(21)34)30-20-7-6-18(14-22(20)37-5)24(35)29-19-8-12-32(3)13-9-19/h6-7,14-15,17,19H,8-13,16H2,1-5H3,(H,29,35)(H,28,30,31). The lowest BCUT2D eigenvalue weighted by atomic mass is 10.0. The number of carbonyl (C=O) groups is 2. The molecular formula is C27H37N7O3. The van der Waals surface area contributed by atoms with Crippen molar-refractivity contribution in [2.45, 2.75) is 51.6 Å². The Morgan fingerprint density at radius 3 is 2.57 bits per heavy atom. The van der Waals surface area contributed by atoms with Crippen LogP contribution in [-0.4, -0.2) is 79.6 Å². The molecule has 0 unspecified atom stereocenters. The Labute approximate surface area is 218 Å². The van der Waals surface area contributed by atoms with Crippen molar-refractivity contribution in [3.8, 4) is 5.75 Å². The highest BCUT2D eigenvalue weighted by Crippen LogP contribution is 2.52. The van der Waals surface area contributed by atoms with Gasteiger partial charge in [0.1, 0.15) is 11.4 Å². The summed E-state index contributed by atoms with van der Waals surface area (Å²) in [5, 5.41) is 6.40. The van der Waals surface area contributed by atoms with Gasteiger partial charge in [-0.05, 0) is 77.9 Å². The number of nitrogens with zero attached hydrogens (tertiary/aromatic N) is 5. The first kappa shape index (κ1) is 25.3. The first-order valence-corrected chi connectivity index (χ1v) is 13.1. The van der Waals surface area contributed by atoms with Gasteiger partial charge in [-0.15, -0.1) is 0 Å². The predicted molar refractivity (Wildman–Crippen MR) is 144 cm³/mol. The zero-order chi connectivity index (χ0) is 26.3. The molecule has 1 saturated carbocycles. The van der Waals surface area contributed by atoms with E-state index in [9.17, 15) is 9.59 Å². The summed E-state index contributed by atoms with van der Waals surface area (Å²) < 4.78 is 5.60. The predicted octanol–water partition coefficient (Wildman–Crippen LogP) is 3.02. The average Bonchev–Trinajstić information content (AvgIpc) is 3.69. The van der Waals surface area contributed by atoms with Gasteiger partial charge in [0.15, 0.2) is 5.82 Å². The van der Waals surface area contributed by atoms with Crippen LogP contribution in [0.2, 0.25) is 0 Å². The number of likely N-dealkylation sites (tertiary alicyclic amines) is 1. The van der Waals surface area contributed by atoms with Gasteiger partial charge < -0.3 is 30.1 Å². The zero-order valence-electron chi connectivity index (χ0n) is 22.4. The molecule has 1 saturated heterocycles. The van der Waals surface area contributed by atoms with Crippen LogP contribution in [0.25, 0.3) is 0 Å². The molecule has 3 aliphatic rings. The Morgan fingerprint density at radius 2 is 1.92 bits per heavy atom. The summed E-state index contributed by atoms with van der Waals surface area (Å²) >= 11 is 0. The van der Waals surface area contributed by atoms with Crippen LogP contribution >= 0.6 is 0 Å². The van der Waals surface area contributed by atoms with Gasteiger partial charge in [0.25, 0.3) is 5.91 Å². The number of nitrogens with one attached hydrogen (secondary N) is 2. The summed E-state index contributed by atoms with van der Waals surface area (Å²) in [6, 6.07) is 5.69. The Bertz CT molecular complexity index is 1190. The topological polar surface area (TPSA) is 103 Å². The van der Waals surface area contributed by atoms with E-state index >= 15 is 0 Å². The summed E-state index contributed by atoms with van der Waals surface area (Å²) in [5.41, 5.74) is 1.59. The third-order valence-electron chi connectivity index (χ3n) is 7.86. The van der Waals surface area contributed by atoms with Crippen LogP contribution in [-0.2, 0) is 4.79 Å². The van der Waals surface area contributed by atoms with Crippen LogP contribution < -0.4 is 25.2 Å². The third kappa shape index (κ3) is 4.94. The van der Waals surface area contributed by atoms with Crippen LogP contribution in [0.3, 0.4) is 0 Å². The monoisotopic (exact) mass is 507 g/mol. The number of rotatable bonds is 6. The largest absolute Gasteiger partial charge is 0.495 e. The number of fused-ring (bicyclic) bond motifs is 1. The number of anilines is 4. The van der Waals surface area contributed by atoms with Crippen molar-refractivity contribution in [3.63, 3.8) is 0 Å². The maximum atomic E-state index is 13.1. The van der Waals surface area contributed by atoms with Crippen LogP contribution in [0.15, 0.2) is 24.4 Å². The minimum atomic E-state index is -0.319. The fraction of sp³-hybridized carbons (Fsp3) is 0.556. The molecule has 0 atom stereocenters. The normalized spacial score (nSPS) is 19.6. The van der Waals surface area contributed by atoms with E-state index < -0.39 is 0 Å². The Hall–Kier alpha value is -3.40. The molecule has 198 valence electrons. The Kier molecular flexibility index (Phi) is 6.70. The van der Waals surface area contributed by atoms with Crippen molar-refractivity contribution >= 4 is 35.0 Å². The molecule has 1 aliphatic carbocycles. The molecule has 0 bridgehead atoms. The number of methoxy groups -OCH3 is 1. The minimum absolute atomic E-state index is 0.102. The number of aromatic nitrogens is 2. The van der Waals surface area contributed by atoms with E-state index in [-0.39, 0.29) is 29.3 Å². The second kappa shape index (κ2) is 9.81. The number of hydrogen-bond donors (Lipinski definition) is 2. The molecule has 10 heteroatoms. The van der Waals surface area contributed by atoms with E-state index in [1.54, 1.807) is 37.4 Å². The third-order valence-corrected chi connectivity index (χ3v) is 7.86. The molecule has 0 radical (unpaired) electrons. The molecule has 10 nitrogen and oxygen atoms in total. The summed E-state index contributed by atoms with van der Waals surface area (Å²) in [4.78, 5) is 41.5. The molecule has 5 rings (SSSR count). The Morgan fingerprint density at radius 1 is 1.19 bits per heavy atom. The van der Waals surface area contributed by atoms with Gasteiger partial charge in [0.2, 0.25) is 11.9 Å². The van der Waals surface area contributed by atoms with E-state index in [0.29, 0.717) is 35.2 Å². The number of carbonyl (C=O) groups excluding carboxylic acids is 2. The van der Waals surface area contributed by atoms with Crippen LogP contribution in [0, 0.1) is 5.41 Å². The molecule has 1 aromatic carbocycles. The van der Waals surface area contributed by atoms with Gasteiger partial charge in [-0.2, -0.15) is 4.98 Å². The summed E-state index contributed by atoms with van der Waals surface area (Å²) in [6.07, 6.45) is 5.41. The van der Waals surface area contributed by atoms with Crippen molar-refractivity contribution in [1.29, 1.82) is 0 Å². The van der Waals surface area contributed by atoms with Crippen molar-refractivity contribution in [2.75, 3.05) is 56.0 Å². The molecule has 1 aromatic heterocycles. The lowest BCUT2D eigenvalue weighted by Crippen LogP contribution is -2.43. The quantitative estimate of drug-likeness (QED) is 0.615. The molecule has 2 amide bonds. The van der Waals surface area contributed by atoms with Gasteiger partial charge >= 0.3 is 0 Å². The second-order valence-electron chi connectivity index (χ2n) is 10.9. The molecule has 1 spiro atoms. The molecule has 2 aliphatic heterocycles. The van der Waals surface area contributed by atoms with E-state index in [2.05, 4.69) is 46.3 Å². The molecule has 2 aromatic rings. The van der Waals surface area contributed by atoms with Crippen molar-refractivity contribution in [1.82, 2.24) is 20.2 Å². The molecular weight excluding hydrogens is 470 g/mol. The summed E-state index contributed by atoms with van der Waals surface area (Å²) in [5.74, 6) is 1.70. The fourth-order valence-electron chi connectivity index (χ4n) is 5.24. The first-order valence-electron chi connectivity index (χ1n) is 13.1. The highest BCUT2D eigenvalue weighted by atomic mass is 16.5. The van der Waals surface area contributed by atoms with Gasteiger partial charge in [0, 0.05) is 31.2 Å². The Balaban J connectivity index is 1.37. The van der Waals surface area contributed by atoms with Gasteiger partial charge in [-0.3, -0.25) is 9.59 Å². The lowest BCUT2D eigenvalue weighted by molar-refractivity contribution is -0.122. The maximum absolute atomic E-state index is 13.1. The van der Waals surface area contributed by atoms with Crippen molar-refractivity contribution < 1.29 is 14.3 Å². The smallest absolute Gasteiger partial charge is 0.251 e. The summed E-state index contributed by atoms with van der Waals surface area (Å²) in [7, 11) is 5.48. The number of benzene rings is 1. The minimum Gasteiger partial charge on any atom is -0.495 e. The van der Waals surface area contributed by atoms with E-state index in [4.69, 9.17) is 9.72 Å². The number of piperidine rings is 1. The van der Waals surface area contributed by atoms with E-state index in [1.165, 1.54) is 0 Å². The highest BCUT2D eigenvalue weighted by molar-refractivity contribution is 6.02. The average molecular weight is 508 g/mol. The number of ether oxygens (including phenoxy) is 1. The van der Waals surface area contributed by atoms with Crippen molar-refractivity contribution in [3.05, 3.63) is 30.0 Å². The lowest BCUT2D eigenvalue weighted by Gasteiger charge is -2.29. The fourth-order valence-corrected chi connectivity index (χ4v) is 5.24. The van der Waals surface area contributed by atoms with Crippen molar-refractivity contribution in [2.24, 2.45) is 5.41 Å². The number of hydrogen-bond acceptors (Lipinski definition) is 8. The molecule has 3 heterocycles.